The fourth-order valence-corrected chi connectivity index (χ4v) is 1.65. The van der Waals surface area contributed by atoms with Crippen LogP contribution in [0, 0.1) is 11.6 Å². The number of hydrogen-bond acceptors (Lipinski definition) is 3. The molecule has 0 atom stereocenters. The molecule has 0 heterocycles. The van der Waals surface area contributed by atoms with Crippen molar-refractivity contribution in [1.29, 1.82) is 0 Å². The first-order valence-corrected chi connectivity index (χ1v) is 5.92. The van der Waals surface area contributed by atoms with Crippen LogP contribution in [0.4, 0.5) is 8.78 Å². The van der Waals surface area contributed by atoms with Gasteiger partial charge in [0.2, 0.25) is 0 Å². The van der Waals surface area contributed by atoms with Gasteiger partial charge in [-0.2, -0.15) is 0 Å². The molecule has 0 spiro atoms. The molecular weight excluding hydrogens is 262 g/mol. The van der Waals surface area contributed by atoms with Crippen LogP contribution >= 0.6 is 11.8 Å². The van der Waals surface area contributed by atoms with Crippen molar-refractivity contribution < 1.29 is 23.5 Å². The second kappa shape index (κ2) is 6.30. The van der Waals surface area contributed by atoms with Crippen molar-refractivity contribution in [1.82, 2.24) is 0 Å². The number of rotatable bonds is 4. The van der Waals surface area contributed by atoms with Crippen LogP contribution in [-0.2, 0) is 4.79 Å². The highest BCUT2D eigenvalue weighted by Gasteiger charge is 2.13. The molecule has 0 saturated carbocycles. The Labute approximate surface area is 107 Å². The molecular formula is C12H10F2O3S. The summed E-state index contributed by atoms with van der Waals surface area (Å²) in [6.45, 7) is 1.40. The van der Waals surface area contributed by atoms with Gasteiger partial charge in [0.15, 0.2) is 16.7 Å². The second-order valence-electron chi connectivity index (χ2n) is 3.36. The number of carbonyl (C=O) groups excluding carboxylic acids is 1. The van der Waals surface area contributed by atoms with E-state index in [0.717, 1.165) is 17.8 Å². The lowest BCUT2D eigenvalue weighted by Crippen LogP contribution is -2.02. The van der Waals surface area contributed by atoms with Gasteiger partial charge in [0.1, 0.15) is 0 Å². The van der Waals surface area contributed by atoms with Gasteiger partial charge < -0.3 is 5.11 Å². The molecule has 3 nitrogen and oxygen atoms in total. The molecule has 1 rings (SSSR count). The minimum absolute atomic E-state index is 0.0607. The minimum Gasteiger partial charge on any atom is -0.478 e. The number of halogens is 2. The first-order chi connectivity index (χ1) is 8.41. The molecule has 0 aliphatic heterocycles. The molecule has 96 valence electrons. The summed E-state index contributed by atoms with van der Waals surface area (Å²) in [5.41, 5.74) is -0.261. The Hall–Kier alpha value is -1.69. The van der Waals surface area contributed by atoms with Crippen molar-refractivity contribution in [2.45, 2.75) is 6.92 Å². The van der Waals surface area contributed by atoms with Crippen LogP contribution < -0.4 is 0 Å². The molecule has 0 radical (unpaired) electrons. The third kappa shape index (κ3) is 3.96. The average Bonchev–Trinajstić information content (AvgIpc) is 2.28. The highest BCUT2D eigenvalue weighted by Crippen LogP contribution is 2.17. The van der Waals surface area contributed by atoms with Gasteiger partial charge in [-0.05, 0) is 17.7 Å². The van der Waals surface area contributed by atoms with Gasteiger partial charge in [-0.1, -0.05) is 23.9 Å². The highest BCUT2D eigenvalue weighted by atomic mass is 32.2. The number of carboxylic acid groups (broad SMARTS) is 1. The van der Waals surface area contributed by atoms with Crippen molar-refractivity contribution in [2.24, 2.45) is 0 Å². The molecule has 0 bridgehead atoms. The number of thioether (sulfide) groups is 1. The first kappa shape index (κ1) is 14.4. The lowest BCUT2D eigenvalue weighted by Gasteiger charge is -2.02. The summed E-state index contributed by atoms with van der Waals surface area (Å²) in [5.74, 6) is -3.32. The van der Waals surface area contributed by atoms with Gasteiger partial charge >= 0.3 is 5.97 Å². The summed E-state index contributed by atoms with van der Waals surface area (Å²) < 4.78 is 25.9. The van der Waals surface area contributed by atoms with E-state index in [2.05, 4.69) is 0 Å². The van der Waals surface area contributed by atoms with E-state index in [1.165, 1.54) is 19.1 Å². The van der Waals surface area contributed by atoms with Crippen molar-refractivity contribution in [3.8, 4) is 0 Å². The number of benzene rings is 1. The molecule has 1 aromatic carbocycles. The van der Waals surface area contributed by atoms with Crippen LogP contribution in [0.3, 0.4) is 0 Å². The molecule has 0 saturated heterocycles. The van der Waals surface area contributed by atoms with Gasteiger partial charge in [0.05, 0.1) is 5.56 Å². The van der Waals surface area contributed by atoms with E-state index >= 15 is 0 Å². The van der Waals surface area contributed by atoms with Crippen LogP contribution in [0.1, 0.15) is 22.8 Å². The summed E-state index contributed by atoms with van der Waals surface area (Å²) >= 11 is 1.03. The maximum atomic E-state index is 13.0. The lowest BCUT2D eigenvalue weighted by atomic mass is 10.1. The van der Waals surface area contributed by atoms with E-state index in [1.54, 1.807) is 0 Å². The number of carboxylic acids is 1. The standard InChI is InChI=1S/C12H10F2O3S/c1-7(15)18-4-2-3-8-5-10(13)11(14)6-9(8)12(16)17/h2-3,5-6H,4H2,1H3,(H,16,17). The monoisotopic (exact) mass is 272 g/mol. The summed E-state index contributed by atoms with van der Waals surface area (Å²) in [7, 11) is 0. The highest BCUT2D eigenvalue weighted by molar-refractivity contribution is 8.13. The Morgan fingerprint density at radius 3 is 2.50 bits per heavy atom. The van der Waals surface area contributed by atoms with Crippen LogP contribution in [0.25, 0.3) is 6.08 Å². The molecule has 1 N–H and O–H groups in total. The Morgan fingerprint density at radius 2 is 1.94 bits per heavy atom. The van der Waals surface area contributed by atoms with Crippen molar-refractivity contribution in [3.63, 3.8) is 0 Å². The maximum Gasteiger partial charge on any atom is 0.336 e. The number of hydrogen-bond donors (Lipinski definition) is 1. The molecule has 0 amide bonds. The molecule has 1 aromatic rings. The zero-order valence-corrected chi connectivity index (χ0v) is 10.3. The minimum atomic E-state index is -1.34. The summed E-state index contributed by atoms with van der Waals surface area (Å²) in [4.78, 5) is 21.5. The fraction of sp³-hybridized carbons (Fsp3) is 0.167. The maximum absolute atomic E-state index is 13.0. The summed E-state index contributed by atoms with van der Waals surface area (Å²) in [6, 6.07) is 1.45. The molecule has 0 aromatic heterocycles. The van der Waals surface area contributed by atoms with Gasteiger partial charge in [0, 0.05) is 12.7 Å². The van der Waals surface area contributed by atoms with E-state index in [1.807, 2.05) is 0 Å². The molecule has 0 unspecified atom stereocenters. The lowest BCUT2D eigenvalue weighted by molar-refractivity contribution is -0.109. The van der Waals surface area contributed by atoms with Crippen LogP contribution in [0.15, 0.2) is 18.2 Å². The van der Waals surface area contributed by atoms with E-state index < -0.39 is 17.6 Å². The summed E-state index contributed by atoms with van der Waals surface area (Å²) in [6.07, 6.45) is 2.87. The zero-order valence-electron chi connectivity index (χ0n) is 9.44. The number of aromatic carboxylic acids is 1. The fourth-order valence-electron chi connectivity index (χ4n) is 1.23. The predicted octanol–water partition coefficient (Wildman–Crippen LogP) is 2.96. The van der Waals surface area contributed by atoms with E-state index in [-0.39, 0.29) is 16.2 Å². The van der Waals surface area contributed by atoms with Crippen LogP contribution in [0.2, 0.25) is 0 Å². The quantitative estimate of drug-likeness (QED) is 0.915. The Balaban J connectivity index is 2.96. The summed E-state index contributed by atoms with van der Waals surface area (Å²) in [5, 5.41) is 8.76. The third-order valence-electron chi connectivity index (χ3n) is 2.00. The third-order valence-corrected chi connectivity index (χ3v) is 2.77. The van der Waals surface area contributed by atoms with E-state index in [0.29, 0.717) is 11.8 Å². The van der Waals surface area contributed by atoms with Crippen molar-refractivity contribution >= 4 is 28.9 Å². The zero-order chi connectivity index (χ0) is 13.7. The molecule has 0 aliphatic rings. The Bertz CT molecular complexity index is 512. The molecule has 0 fully saturated rings. The van der Waals surface area contributed by atoms with Crippen LogP contribution in [-0.4, -0.2) is 21.9 Å². The van der Waals surface area contributed by atoms with Gasteiger partial charge in [0.25, 0.3) is 0 Å². The molecule has 0 aliphatic carbocycles. The first-order valence-electron chi connectivity index (χ1n) is 4.94. The van der Waals surface area contributed by atoms with Crippen molar-refractivity contribution in [3.05, 3.63) is 41.0 Å². The molecule has 6 heteroatoms. The van der Waals surface area contributed by atoms with Gasteiger partial charge in [-0.3, -0.25) is 4.79 Å². The molecule has 18 heavy (non-hydrogen) atoms. The Kier molecular flexibility index (Phi) is 5.03. The van der Waals surface area contributed by atoms with Gasteiger partial charge in [-0.25, -0.2) is 13.6 Å². The van der Waals surface area contributed by atoms with E-state index in [4.69, 9.17) is 5.11 Å². The average molecular weight is 272 g/mol. The predicted molar refractivity (Wildman–Crippen MR) is 65.5 cm³/mol. The van der Waals surface area contributed by atoms with Crippen molar-refractivity contribution in [2.75, 3.05) is 5.75 Å². The smallest absolute Gasteiger partial charge is 0.336 e. The largest absolute Gasteiger partial charge is 0.478 e. The normalized spacial score (nSPS) is 10.8. The second-order valence-corrected chi connectivity index (χ2v) is 4.56. The topological polar surface area (TPSA) is 54.4 Å². The van der Waals surface area contributed by atoms with Crippen LogP contribution in [0.5, 0.6) is 0 Å². The van der Waals surface area contributed by atoms with E-state index in [9.17, 15) is 18.4 Å². The van der Waals surface area contributed by atoms with Gasteiger partial charge in [-0.15, -0.1) is 0 Å². The number of carbonyl (C=O) groups is 2. The Morgan fingerprint density at radius 1 is 1.33 bits per heavy atom. The SMILES string of the molecule is CC(=O)SCC=Cc1cc(F)c(F)cc1C(=O)O.